The number of hydrogen-bond acceptors (Lipinski definition) is 2. The summed E-state index contributed by atoms with van der Waals surface area (Å²) >= 11 is 1.73. The van der Waals surface area contributed by atoms with E-state index >= 15 is 0 Å². The maximum Gasteiger partial charge on any atom is 0.126 e. The Labute approximate surface area is 101 Å². The molecule has 1 rings (SSSR count). The van der Waals surface area contributed by atoms with Gasteiger partial charge in [-0.25, -0.2) is 4.39 Å². The number of halogens is 1. The zero-order chi connectivity index (χ0) is 12.1. The summed E-state index contributed by atoms with van der Waals surface area (Å²) in [6.45, 7) is 6.02. The maximum absolute atomic E-state index is 13.0. The number of benzene rings is 1. The molecule has 0 heterocycles. The maximum atomic E-state index is 13.0. The fourth-order valence-corrected chi connectivity index (χ4v) is 2.41. The van der Waals surface area contributed by atoms with E-state index in [-0.39, 0.29) is 5.82 Å². The second kappa shape index (κ2) is 6.26. The fourth-order valence-electron chi connectivity index (χ4n) is 1.39. The molecule has 0 bridgehead atoms. The summed E-state index contributed by atoms with van der Waals surface area (Å²) in [6, 6.07) is 4.79. The van der Waals surface area contributed by atoms with Crippen molar-refractivity contribution < 1.29 is 9.50 Å². The number of thioether (sulfide) groups is 1. The van der Waals surface area contributed by atoms with Crippen LogP contribution in [0.15, 0.2) is 18.2 Å². The van der Waals surface area contributed by atoms with Gasteiger partial charge in [0.15, 0.2) is 0 Å². The Morgan fingerprint density at radius 1 is 1.31 bits per heavy atom. The quantitative estimate of drug-likeness (QED) is 0.852. The minimum atomic E-state index is -0.497. The third-order valence-corrected chi connectivity index (χ3v) is 3.75. The van der Waals surface area contributed by atoms with E-state index in [0.717, 1.165) is 11.3 Å². The molecule has 1 nitrogen and oxygen atoms in total. The molecule has 0 aliphatic rings. The van der Waals surface area contributed by atoms with Gasteiger partial charge in [0.25, 0.3) is 0 Å². The molecule has 0 spiro atoms. The molecule has 0 saturated heterocycles. The van der Waals surface area contributed by atoms with Crippen molar-refractivity contribution in [3.8, 4) is 0 Å². The van der Waals surface area contributed by atoms with Gasteiger partial charge in [0.2, 0.25) is 0 Å². The van der Waals surface area contributed by atoms with Crippen molar-refractivity contribution in [1.82, 2.24) is 0 Å². The van der Waals surface area contributed by atoms with Crippen LogP contribution in [0.1, 0.15) is 31.1 Å². The average Bonchev–Trinajstić information content (AvgIpc) is 2.21. The summed E-state index contributed by atoms with van der Waals surface area (Å²) in [5.41, 5.74) is 1.39. The van der Waals surface area contributed by atoms with Crippen molar-refractivity contribution >= 4 is 11.8 Å². The highest BCUT2D eigenvalue weighted by atomic mass is 32.2. The first-order chi connectivity index (χ1) is 7.50. The molecule has 0 aliphatic carbocycles. The van der Waals surface area contributed by atoms with E-state index in [2.05, 4.69) is 13.8 Å². The summed E-state index contributed by atoms with van der Waals surface area (Å²) in [5, 5.41) is 9.91. The van der Waals surface area contributed by atoms with Gasteiger partial charge in [-0.05, 0) is 35.8 Å². The largest absolute Gasteiger partial charge is 0.388 e. The van der Waals surface area contributed by atoms with Crippen LogP contribution in [0.5, 0.6) is 0 Å². The fraction of sp³-hybridized carbons (Fsp3) is 0.538. The molecule has 1 aromatic carbocycles. The van der Waals surface area contributed by atoms with Crippen LogP contribution < -0.4 is 0 Å². The van der Waals surface area contributed by atoms with Crippen LogP contribution in [0.2, 0.25) is 0 Å². The number of hydrogen-bond donors (Lipinski definition) is 1. The van der Waals surface area contributed by atoms with E-state index < -0.39 is 6.10 Å². The van der Waals surface area contributed by atoms with E-state index in [0.29, 0.717) is 17.2 Å². The molecule has 1 unspecified atom stereocenters. The Morgan fingerprint density at radius 2 is 2.00 bits per heavy atom. The lowest BCUT2D eigenvalue weighted by molar-refractivity contribution is 0.204. The number of aryl methyl sites for hydroxylation is 1. The SMILES string of the molecule is Cc1cc(C(O)CSCC(C)C)ccc1F. The Morgan fingerprint density at radius 3 is 2.56 bits per heavy atom. The summed E-state index contributed by atoms with van der Waals surface area (Å²) in [4.78, 5) is 0. The summed E-state index contributed by atoms with van der Waals surface area (Å²) in [5.74, 6) is 2.12. The first-order valence-electron chi connectivity index (χ1n) is 5.52. The molecule has 0 amide bonds. The zero-order valence-electron chi connectivity index (χ0n) is 10.0. The summed E-state index contributed by atoms with van der Waals surface area (Å²) < 4.78 is 13.0. The van der Waals surface area contributed by atoms with Crippen molar-refractivity contribution in [2.75, 3.05) is 11.5 Å². The normalized spacial score (nSPS) is 13.1. The third-order valence-electron chi connectivity index (χ3n) is 2.29. The molecule has 0 saturated carbocycles. The van der Waals surface area contributed by atoms with E-state index in [1.54, 1.807) is 30.8 Å². The minimum absolute atomic E-state index is 0.217. The molecular formula is C13H19FOS. The second-order valence-corrected chi connectivity index (χ2v) is 5.53. The highest BCUT2D eigenvalue weighted by Crippen LogP contribution is 2.21. The van der Waals surface area contributed by atoms with Gasteiger partial charge in [0.05, 0.1) is 6.10 Å². The van der Waals surface area contributed by atoms with Crippen LogP contribution in [-0.2, 0) is 0 Å². The molecule has 1 atom stereocenters. The molecule has 1 aromatic rings. The molecule has 16 heavy (non-hydrogen) atoms. The molecule has 0 fully saturated rings. The van der Waals surface area contributed by atoms with Gasteiger partial charge >= 0.3 is 0 Å². The van der Waals surface area contributed by atoms with Crippen molar-refractivity contribution in [2.24, 2.45) is 5.92 Å². The average molecular weight is 242 g/mol. The lowest BCUT2D eigenvalue weighted by Crippen LogP contribution is -2.03. The van der Waals surface area contributed by atoms with Crippen LogP contribution in [0, 0.1) is 18.7 Å². The van der Waals surface area contributed by atoms with Gasteiger partial charge in [0.1, 0.15) is 5.82 Å². The van der Waals surface area contributed by atoms with Gasteiger partial charge < -0.3 is 5.11 Å². The number of rotatable bonds is 5. The predicted molar refractivity (Wildman–Crippen MR) is 68.3 cm³/mol. The van der Waals surface area contributed by atoms with Crippen molar-refractivity contribution in [3.63, 3.8) is 0 Å². The van der Waals surface area contributed by atoms with Gasteiger partial charge in [-0.2, -0.15) is 11.8 Å². The molecule has 0 aromatic heterocycles. The van der Waals surface area contributed by atoms with Gasteiger partial charge in [0, 0.05) is 5.75 Å². The van der Waals surface area contributed by atoms with Crippen molar-refractivity contribution in [2.45, 2.75) is 26.9 Å². The van der Waals surface area contributed by atoms with E-state index in [1.807, 2.05) is 0 Å². The Balaban J connectivity index is 2.52. The molecule has 0 aliphatic heterocycles. The Kier molecular flexibility index (Phi) is 5.29. The molecule has 1 N–H and O–H groups in total. The highest BCUT2D eigenvalue weighted by molar-refractivity contribution is 7.99. The Hall–Kier alpha value is -0.540. The molecule has 3 heteroatoms. The lowest BCUT2D eigenvalue weighted by Gasteiger charge is -2.12. The highest BCUT2D eigenvalue weighted by Gasteiger charge is 2.09. The lowest BCUT2D eigenvalue weighted by atomic mass is 10.1. The van der Waals surface area contributed by atoms with E-state index in [9.17, 15) is 9.50 Å². The van der Waals surface area contributed by atoms with Crippen LogP contribution in [-0.4, -0.2) is 16.6 Å². The Bertz CT molecular complexity index is 339. The summed E-state index contributed by atoms with van der Waals surface area (Å²) in [7, 11) is 0. The smallest absolute Gasteiger partial charge is 0.126 e. The zero-order valence-corrected chi connectivity index (χ0v) is 10.9. The first kappa shape index (κ1) is 13.5. The monoisotopic (exact) mass is 242 g/mol. The first-order valence-corrected chi connectivity index (χ1v) is 6.68. The topological polar surface area (TPSA) is 20.2 Å². The van der Waals surface area contributed by atoms with E-state index in [4.69, 9.17) is 0 Å². The van der Waals surface area contributed by atoms with Gasteiger partial charge in [-0.3, -0.25) is 0 Å². The number of aliphatic hydroxyl groups is 1. The molecule has 0 radical (unpaired) electrons. The predicted octanol–water partition coefficient (Wildman–Crippen LogP) is 3.56. The van der Waals surface area contributed by atoms with Crippen LogP contribution in [0.25, 0.3) is 0 Å². The van der Waals surface area contributed by atoms with Gasteiger partial charge in [-0.15, -0.1) is 0 Å². The summed E-state index contributed by atoms with van der Waals surface area (Å²) in [6.07, 6.45) is -0.497. The minimum Gasteiger partial charge on any atom is -0.388 e. The third kappa shape index (κ3) is 4.14. The van der Waals surface area contributed by atoms with E-state index in [1.165, 1.54) is 6.07 Å². The second-order valence-electron chi connectivity index (χ2n) is 4.46. The van der Waals surface area contributed by atoms with Crippen molar-refractivity contribution in [1.29, 1.82) is 0 Å². The van der Waals surface area contributed by atoms with Gasteiger partial charge in [-0.1, -0.05) is 26.0 Å². The molecular weight excluding hydrogens is 223 g/mol. The number of aliphatic hydroxyl groups excluding tert-OH is 1. The van der Waals surface area contributed by atoms with Crippen LogP contribution in [0.4, 0.5) is 4.39 Å². The standard InChI is InChI=1S/C13H19FOS/c1-9(2)7-16-8-13(15)11-4-5-12(14)10(3)6-11/h4-6,9,13,15H,7-8H2,1-3H3. The van der Waals surface area contributed by atoms with Crippen LogP contribution in [0.3, 0.4) is 0 Å². The molecule has 90 valence electrons. The van der Waals surface area contributed by atoms with Crippen LogP contribution >= 0.6 is 11.8 Å². The van der Waals surface area contributed by atoms with Crippen molar-refractivity contribution in [3.05, 3.63) is 35.1 Å².